The molecule has 2 unspecified atom stereocenters. The Morgan fingerprint density at radius 3 is 2.79 bits per heavy atom. The summed E-state index contributed by atoms with van der Waals surface area (Å²) in [6, 6.07) is 14.0. The zero-order valence-corrected chi connectivity index (χ0v) is 20.1. The Hall–Kier alpha value is -3.19. The maximum atomic E-state index is 12.0. The van der Waals surface area contributed by atoms with Gasteiger partial charge in [-0.2, -0.15) is 0 Å². The van der Waals surface area contributed by atoms with E-state index in [9.17, 15) is 4.79 Å². The van der Waals surface area contributed by atoms with Gasteiger partial charge in [-0.05, 0) is 50.4 Å². The van der Waals surface area contributed by atoms with Crippen LogP contribution in [0, 0.1) is 0 Å². The third-order valence-electron chi connectivity index (χ3n) is 6.69. The van der Waals surface area contributed by atoms with Crippen LogP contribution in [0.15, 0.2) is 48.8 Å². The van der Waals surface area contributed by atoms with Crippen LogP contribution in [0.4, 0.5) is 5.69 Å². The van der Waals surface area contributed by atoms with Crippen molar-refractivity contribution < 1.29 is 14.3 Å². The predicted molar refractivity (Wildman–Crippen MR) is 134 cm³/mol. The second-order valence-corrected chi connectivity index (χ2v) is 8.92. The lowest BCUT2D eigenvalue weighted by Crippen LogP contribution is -2.45. The quantitative estimate of drug-likeness (QED) is 0.283. The molecule has 7 heteroatoms. The second kappa shape index (κ2) is 11.3. The number of methoxy groups -OCH3 is 1. The van der Waals surface area contributed by atoms with Gasteiger partial charge in [-0.15, -0.1) is 0 Å². The van der Waals surface area contributed by atoms with Crippen molar-refractivity contribution in [3.05, 3.63) is 60.0 Å². The third kappa shape index (κ3) is 5.47. The smallest absolute Gasteiger partial charge is 0.323 e. The number of unbranched alkanes of at least 4 members (excludes halogenated alkanes) is 1. The van der Waals surface area contributed by atoms with Gasteiger partial charge in [0.05, 0.1) is 30.6 Å². The average Bonchev–Trinajstić information content (AvgIpc) is 2.88. The molecule has 1 aromatic heterocycles. The van der Waals surface area contributed by atoms with E-state index in [0.717, 1.165) is 61.8 Å². The van der Waals surface area contributed by atoms with E-state index in [1.54, 1.807) is 6.33 Å². The summed E-state index contributed by atoms with van der Waals surface area (Å²) in [6.07, 6.45) is 6.52. The first-order chi connectivity index (χ1) is 16.6. The molecule has 4 rings (SSSR count). The first kappa shape index (κ1) is 24.0. The van der Waals surface area contributed by atoms with E-state index in [0.29, 0.717) is 18.0 Å². The van der Waals surface area contributed by atoms with Gasteiger partial charge in [0, 0.05) is 17.4 Å². The summed E-state index contributed by atoms with van der Waals surface area (Å²) >= 11 is 0. The first-order valence-corrected chi connectivity index (χ1v) is 12.1. The standard InChI is InChI=1S/C27H34N4O3/c1-19(20-10-4-3-5-11-20)26-21-16-22(28)25(17-23(21)29-18-30-26)34-15-9-8-14-31-13-7-6-12-24(31)27(32)33-2/h3-5,10-11,16-19,24H,6-9,12-15,28H2,1-2H3. The number of nitrogens with zero attached hydrogens (tertiary/aromatic N) is 3. The molecular formula is C27H34N4O3. The van der Waals surface area contributed by atoms with Crippen LogP contribution < -0.4 is 10.5 Å². The van der Waals surface area contributed by atoms with Crippen LogP contribution in [-0.2, 0) is 9.53 Å². The van der Waals surface area contributed by atoms with Crippen LogP contribution in [0.5, 0.6) is 5.75 Å². The number of hydrogen-bond acceptors (Lipinski definition) is 7. The molecule has 1 aliphatic heterocycles. The molecule has 0 spiro atoms. The van der Waals surface area contributed by atoms with E-state index in [1.807, 2.05) is 30.3 Å². The number of anilines is 1. The largest absolute Gasteiger partial charge is 0.491 e. The van der Waals surface area contributed by atoms with Crippen molar-refractivity contribution in [2.75, 3.05) is 32.5 Å². The molecule has 7 nitrogen and oxygen atoms in total. The van der Waals surface area contributed by atoms with Gasteiger partial charge in [0.15, 0.2) is 0 Å². The average molecular weight is 463 g/mol. The van der Waals surface area contributed by atoms with Gasteiger partial charge in [0.1, 0.15) is 18.1 Å². The van der Waals surface area contributed by atoms with E-state index < -0.39 is 0 Å². The van der Waals surface area contributed by atoms with Crippen molar-refractivity contribution in [3.63, 3.8) is 0 Å². The molecule has 1 saturated heterocycles. The molecule has 34 heavy (non-hydrogen) atoms. The summed E-state index contributed by atoms with van der Waals surface area (Å²) in [5.41, 5.74) is 9.92. The minimum Gasteiger partial charge on any atom is -0.491 e. The summed E-state index contributed by atoms with van der Waals surface area (Å²) in [5.74, 6) is 0.652. The lowest BCUT2D eigenvalue weighted by molar-refractivity contribution is -0.148. The van der Waals surface area contributed by atoms with Gasteiger partial charge in [-0.1, -0.05) is 43.7 Å². The Labute approximate surface area is 201 Å². The molecule has 0 saturated carbocycles. The number of rotatable bonds is 9. The van der Waals surface area contributed by atoms with Crippen molar-refractivity contribution in [2.24, 2.45) is 0 Å². The molecular weight excluding hydrogens is 428 g/mol. The number of ether oxygens (including phenoxy) is 2. The summed E-state index contributed by atoms with van der Waals surface area (Å²) in [4.78, 5) is 23.3. The molecule has 2 heterocycles. The van der Waals surface area contributed by atoms with E-state index in [2.05, 4.69) is 33.9 Å². The van der Waals surface area contributed by atoms with Gasteiger partial charge >= 0.3 is 5.97 Å². The van der Waals surface area contributed by atoms with Crippen LogP contribution in [0.25, 0.3) is 10.9 Å². The maximum Gasteiger partial charge on any atom is 0.323 e. The van der Waals surface area contributed by atoms with Gasteiger partial charge in [-0.25, -0.2) is 9.97 Å². The van der Waals surface area contributed by atoms with E-state index in [4.69, 9.17) is 15.2 Å². The normalized spacial score (nSPS) is 17.4. The first-order valence-electron chi connectivity index (χ1n) is 12.1. The number of carbonyl (C=O) groups is 1. The highest BCUT2D eigenvalue weighted by Gasteiger charge is 2.28. The summed E-state index contributed by atoms with van der Waals surface area (Å²) in [7, 11) is 1.47. The number of nitrogens with two attached hydrogens (primary N) is 1. The van der Waals surface area contributed by atoms with Crippen molar-refractivity contribution in [1.29, 1.82) is 0 Å². The molecule has 2 aromatic carbocycles. The SMILES string of the molecule is COC(=O)C1CCCCN1CCCCOc1cc2ncnc(C(C)c3ccccc3)c2cc1N. The van der Waals surface area contributed by atoms with Crippen LogP contribution in [0.2, 0.25) is 0 Å². The second-order valence-electron chi connectivity index (χ2n) is 8.92. The Kier molecular flexibility index (Phi) is 7.95. The molecule has 2 N–H and O–H groups in total. The lowest BCUT2D eigenvalue weighted by Gasteiger charge is -2.33. The van der Waals surface area contributed by atoms with Crippen LogP contribution in [0.3, 0.4) is 0 Å². The molecule has 3 aromatic rings. The minimum absolute atomic E-state index is 0.108. The number of esters is 1. The number of nitrogen functional groups attached to an aromatic ring is 1. The van der Waals surface area contributed by atoms with Crippen molar-refractivity contribution >= 4 is 22.6 Å². The van der Waals surface area contributed by atoms with Crippen molar-refractivity contribution in [3.8, 4) is 5.75 Å². The van der Waals surface area contributed by atoms with E-state index >= 15 is 0 Å². The number of piperidine rings is 1. The molecule has 0 bridgehead atoms. The molecule has 2 atom stereocenters. The zero-order chi connectivity index (χ0) is 23.9. The van der Waals surface area contributed by atoms with Crippen LogP contribution >= 0.6 is 0 Å². The topological polar surface area (TPSA) is 90.6 Å². The Bertz CT molecular complexity index is 1110. The Morgan fingerprint density at radius 2 is 2.00 bits per heavy atom. The molecule has 0 radical (unpaired) electrons. The number of likely N-dealkylation sites (tertiary alicyclic amines) is 1. The highest BCUT2D eigenvalue weighted by Crippen LogP contribution is 2.33. The predicted octanol–water partition coefficient (Wildman–Crippen LogP) is 4.55. The highest BCUT2D eigenvalue weighted by molar-refractivity contribution is 5.87. The fourth-order valence-corrected chi connectivity index (χ4v) is 4.75. The summed E-state index contributed by atoms with van der Waals surface area (Å²) < 4.78 is 11.0. The van der Waals surface area contributed by atoms with Gasteiger partial charge in [0.25, 0.3) is 0 Å². The molecule has 180 valence electrons. The van der Waals surface area contributed by atoms with Gasteiger partial charge < -0.3 is 15.2 Å². The summed E-state index contributed by atoms with van der Waals surface area (Å²) in [5, 5.41) is 0.947. The molecule has 0 aliphatic carbocycles. The molecule has 1 aliphatic rings. The van der Waals surface area contributed by atoms with E-state index in [-0.39, 0.29) is 17.9 Å². The van der Waals surface area contributed by atoms with Crippen LogP contribution in [-0.4, -0.2) is 53.7 Å². The van der Waals surface area contributed by atoms with Crippen molar-refractivity contribution in [2.45, 2.75) is 51.0 Å². The highest BCUT2D eigenvalue weighted by atomic mass is 16.5. The zero-order valence-electron chi connectivity index (χ0n) is 20.1. The monoisotopic (exact) mass is 462 g/mol. The van der Waals surface area contributed by atoms with E-state index in [1.165, 1.54) is 12.7 Å². The lowest BCUT2D eigenvalue weighted by atomic mass is 9.94. The van der Waals surface area contributed by atoms with Gasteiger partial charge in [0.2, 0.25) is 0 Å². The molecule has 1 fully saturated rings. The number of fused-ring (bicyclic) bond motifs is 1. The minimum atomic E-state index is -0.122. The molecule has 0 amide bonds. The fourth-order valence-electron chi connectivity index (χ4n) is 4.75. The number of aromatic nitrogens is 2. The van der Waals surface area contributed by atoms with Crippen molar-refractivity contribution in [1.82, 2.24) is 14.9 Å². The van der Waals surface area contributed by atoms with Gasteiger partial charge in [-0.3, -0.25) is 9.69 Å². The Morgan fingerprint density at radius 1 is 1.18 bits per heavy atom. The Balaban J connectivity index is 1.37. The third-order valence-corrected chi connectivity index (χ3v) is 6.69. The maximum absolute atomic E-state index is 12.0. The number of hydrogen-bond donors (Lipinski definition) is 1. The number of benzene rings is 2. The fraction of sp³-hybridized carbons (Fsp3) is 0.444. The number of carbonyl (C=O) groups excluding carboxylic acids is 1. The van der Waals surface area contributed by atoms with Crippen LogP contribution in [0.1, 0.15) is 56.2 Å². The summed E-state index contributed by atoms with van der Waals surface area (Å²) in [6.45, 7) is 4.52.